The van der Waals surface area contributed by atoms with Crippen LogP contribution in [0.2, 0.25) is 0 Å². The molecule has 1 aromatic rings. The molecule has 1 N–H and O–H groups in total. The molecule has 0 saturated heterocycles. The summed E-state index contributed by atoms with van der Waals surface area (Å²) in [5, 5.41) is 3.24. The third-order valence-corrected chi connectivity index (χ3v) is 3.59. The number of nitrogens with one attached hydrogen (secondary N) is 1. The normalized spacial score (nSPS) is 21.5. The van der Waals surface area contributed by atoms with Crippen molar-refractivity contribution in [1.82, 2.24) is 5.32 Å². The first-order chi connectivity index (χ1) is 7.47. The zero-order chi connectivity index (χ0) is 11.8. The summed E-state index contributed by atoms with van der Waals surface area (Å²) in [6.45, 7) is 5.49. The van der Waals surface area contributed by atoms with Gasteiger partial charge in [-0.25, -0.2) is 4.39 Å². The first kappa shape index (κ1) is 11.6. The van der Waals surface area contributed by atoms with Crippen LogP contribution in [-0.2, 0) is 5.41 Å². The summed E-state index contributed by atoms with van der Waals surface area (Å²) in [5.74, 6) is -0.127. The summed E-state index contributed by atoms with van der Waals surface area (Å²) in [7, 11) is 1.96. The number of benzene rings is 1. The maximum absolute atomic E-state index is 13.3. The summed E-state index contributed by atoms with van der Waals surface area (Å²) in [6.07, 6.45) is 2.26. The third kappa shape index (κ3) is 1.99. The molecule has 1 fully saturated rings. The SMILES string of the molecule is CNCC1(c2cccc(F)c2)CC(C)(C)C1. The standard InChI is InChI=1S/C14H20FN/c1-13(2)8-14(9-13,10-16-3)11-5-4-6-12(15)7-11/h4-7,16H,8-10H2,1-3H3. The molecule has 1 aliphatic carbocycles. The van der Waals surface area contributed by atoms with E-state index in [1.807, 2.05) is 13.1 Å². The quantitative estimate of drug-likeness (QED) is 0.827. The van der Waals surface area contributed by atoms with Gasteiger partial charge in [0.05, 0.1) is 0 Å². The fraction of sp³-hybridized carbons (Fsp3) is 0.571. The minimum atomic E-state index is -0.127. The van der Waals surface area contributed by atoms with Gasteiger partial charge in [-0.2, -0.15) is 0 Å². The van der Waals surface area contributed by atoms with Gasteiger partial charge in [-0.05, 0) is 43.0 Å². The van der Waals surface area contributed by atoms with Crippen molar-refractivity contribution < 1.29 is 4.39 Å². The van der Waals surface area contributed by atoms with Crippen LogP contribution in [0.1, 0.15) is 32.3 Å². The van der Waals surface area contributed by atoms with E-state index in [-0.39, 0.29) is 11.2 Å². The predicted octanol–water partition coefficient (Wildman–Crippen LogP) is 3.10. The summed E-state index contributed by atoms with van der Waals surface area (Å²) in [6, 6.07) is 7.07. The van der Waals surface area contributed by atoms with E-state index < -0.39 is 0 Å². The minimum Gasteiger partial charge on any atom is -0.319 e. The fourth-order valence-electron chi connectivity index (χ4n) is 3.37. The Labute approximate surface area is 97.1 Å². The van der Waals surface area contributed by atoms with Crippen molar-refractivity contribution in [3.63, 3.8) is 0 Å². The lowest BCUT2D eigenvalue weighted by Crippen LogP contribution is -2.52. The zero-order valence-corrected chi connectivity index (χ0v) is 10.3. The number of halogens is 1. The topological polar surface area (TPSA) is 12.0 Å². The van der Waals surface area contributed by atoms with Crippen molar-refractivity contribution >= 4 is 0 Å². The van der Waals surface area contributed by atoms with Gasteiger partial charge >= 0.3 is 0 Å². The van der Waals surface area contributed by atoms with E-state index in [0.717, 1.165) is 24.9 Å². The molecular formula is C14H20FN. The molecule has 1 saturated carbocycles. The van der Waals surface area contributed by atoms with E-state index in [4.69, 9.17) is 0 Å². The van der Waals surface area contributed by atoms with Crippen molar-refractivity contribution in [1.29, 1.82) is 0 Å². The lowest BCUT2D eigenvalue weighted by atomic mass is 9.52. The van der Waals surface area contributed by atoms with Crippen molar-refractivity contribution in [2.24, 2.45) is 5.41 Å². The molecule has 2 rings (SSSR count). The van der Waals surface area contributed by atoms with Gasteiger partial charge in [0.1, 0.15) is 5.82 Å². The number of rotatable bonds is 3. The molecule has 0 radical (unpaired) electrons. The molecule has 0 amide bonds. The largest absolute Gasteiger partial charge is 0.319 e. The molecular weight excluding hydrogens is 201 g/mol. The van der Waals surface area contributed by atoms with Crippen LogP contribution in [0.25, 0.3) is 0 Å². The molecule has 88 valence electrons. The Morgan fingerprint density at radius 3 is 2.50 bits per heavy atom. The molecule has 0 unspecified atom stereocenters. The van der Waals surface area contributed by atoms with Gasteiger partial charge in [0.25, 0.3) is 0 Å². The van der Waals surface area contributed by atoms with Crippen LogP contribution in [0.4, 0.5) is 4.39 Å². The van der Waals surface area contributed by atoms with Crippen molar-refractivity contribution in [2.75, 3.05) is 13.6 Å². The van der Waals surface area contributed by atoms with Crippen LogP contribution in [-0.4, -0.2) is 13.6 Å². The van der Waals surface area contributed by atoms with Crippen LogP contribution in [0, 0.1) is 11.2 Å². The molecule has 0 aliphatic heterocycles. The zero-order valence-electron chi connectivity index (χ0n) is 10.3. The van der Waals surface area contributed by atoms with E-state index in [0.29, 0.717) is 5.41 Å². The number of likely N-dealkylation sites (N-methyl/N-ethyl adjacent to an activating group) is 1. The van der Waals surface area contributed by atoms with Crippen LogP contribution < -0.4 is 5.32 Å². The van der Waals surface area contributed by atoms with E-state index in [2.05, 4.69) is 25.2 Å². The van der Waals surface area contributed by atoms with Gasteiger partial charge < -0.3 is 5.32 Å². The van der Waals surface area contributed by atoms with Crippen molar-refractivity contribution in [2.45, 2.75) is 32.1 Å². The second-order valence-electron chi connectivity index (χ2n) is 5.84. The van der Waals surface area contributed by atoms with Crippen LogP contribution in [0.5, 0.6) is 0 Å². The minimum absolute atomic E-state index is 0.127. The average Bonchev–Trinajstić information content (AvgIpc) is 2.15. The van der Waals surface area contributed by atoms with E-state index >= 15 is 0 Å². The van der Waals surface area contributed by atoms with Gasteiger partial charge in [-0.15, -0.1) is 0 Å². The molecule has 0 bridgehead atoms. The average molecular weight is 221 g/mol. The number of hydrogen-bond acceptors (Lipinski definition) is 1. The van der Waals surface area contributed by atoms with Gasteiger partial charge in [0.2, 0.25) is 0 Å². The first-order valence-electron chi connectivity index (χ1n) is 5.88. The highest BCUT2D eigenvalue weighted by atomic mass is 19.1. The predicted molar refractivity (Wildman–Crippen MR) is 65.0 cm³/mol. The highest BCUT2D eigenvalue weighted by Crippen LogP contribution is 2.54. The van der Waals surface area contributed by atoms with Crippen LogP contribution in [0.15, 0.2) is 24.3 Å². The Morgan fingerprint density at radius 2 is 2.00 bits per heavy atom. The number of hydrogen-bond donors (Lipinski definition) is 1. The second-order valence-corrected chi connectivity index (χ2v) is 5.84. The van der Waals surface area contributed by atoms with Crippen LogP contribution >= 0.6 is 0 Å². The van der Waals surface area contributed by atoms with Gasteiger partial charge in [-0.1, -0.05) is 26.0 Å². The van der Waals surface area contributed by atoms with Gasteiger partial charge in [0, 0.05) is 12.0 Å². The lowest BCUT2D eigenvalue weighted by Gasteiger charge is -2.54. The Bertz CT molecular complexity index is 376. The van der Waals surface area contributed by atoms with Crippen molar-refractivity contribution in [3.8, 4) is 0 Å². The summed E-state index contributed by atoms with van der Waals surface area (Å²) < 4.78 is 13.3. The summed E-state index contributed by atoms with van der Waals surface area (Å²) in [5.41, 5.74) is 1.67. The van der Waals surface area contributed by atoms with E-state index in [1.54, 1.807) is 6.07 Å². The van der Waals surface area contributed by atoms with Gasteiger partial charge in [-0.3, -0.25) is 0 Å². The monoisotopic (exact) mass is 221 g/mol. The molecule has 0 aromatic heterocycles. The van der Waals surface area contributed by atoms with Gasteiger partial charge in [0.15, 0.2) is 0 Å². The maximum Gasteiger partial charge on any atom is 0.123 e. The summed E-state index contributed by atoms with van der Waals surface area (Å²) >= 11 is 0. The molecule has 1 nitrogen and oxygen atoms in total. The smallest absolute Gasteiger partial charge is 0.123 e. The Hall–Kier alpha value is -0.890. The highest BCUT2D eigenvalue weighted by molar-refractivity contribution is 5.31. The molecule has 0 atom stereocenters. The highest BCUT2D eigenvalue weighted by Gasteiger charge is 2.49. The molecule has 1 aromatic carbocycles. The van der Waals surface area contributed by atoms with E-state index in [9.17, 15) is 4.39 Å². The van der Waals surface area contributed by atoms with Crippen molar-refractivity contribution in [3.05, 3.63) is 35.6 Å². The Balaban J connectivity index is 2.28. The lowest BCUT2D eigenvalue weighted by molar-refractivity contribution is 0.0576. The molecule has 16 heavy (non-hydrogen) atoms. The second kappa shape index (κ2) is 3.85. The molecule has 2 heteroatoms. The first-order valence-corrected chi connectivity index (χ1v) is 5.88. The fourth-order valence-corrected chi connectivity index (χ4v) is 3.37. The van der Waals surface area contributed by atoms with Crippen LogP contribution in [0.3, 0.4) is 0 Å². The summed E-state index contributed by atoms with van der Waals surface area (Å²) in [4.78, 5) is 0. The Morgan fingerprint density at radius 1 is 1.31 bits per heavy atom. The molecule has 0 spiro atoms. The third-order valence-electron chi connectivity index (χ3n) is 3.59. The Kier molecular flexibility index (Phi) is 2.79. The van der Waals surface area contributed by atoms with E-state index in [1.165, 1.54) is 6.07 Å². The molecule has 1 aliphatic rings. The maximum atomic E-state index is 13.3. The molecule has 0 heterocycles.